The lowest BCUT2D eigenvalue weighted by Gasteiger charge is -2.16. The third kappa shape index (κ3) is 4.49. The molecule has 21 heavy (non-hydrogen) atoms. The molecular weight excluding hydrogens is 284 g/mol. The molecule has 0 fully saturated rings. The van der Waals surface area contributed by atoms with Crippen molar-refractivity contribution in [2.75, 3.05) is 25.5 Å². The van der Waals surface area contributed by atoms with Crippen LogP contribution in [0.4, 0.5) is 5.69 Å². The molecular formula is C16H18N2O2S. The first-order chi connectivity index (χ1) is 10.1. The molecule has 5 heteroatoms. The number of thioether (sulfide) groups is 1. The number of hydrogen-bond acceptors (Lipinski definition) is 4. The van der Waals surface area contributed by atoms with Crippen LogP contribution in [0.15, 0.2) is 59.5 Å². The van der Waals surface area contributed by atoms with E-state index in [-0.39, 0.29) is 16.7 Å². The monoisotopic (exact) mass is 302 g/mol. The van der Waals surface area contributed by atoms with Crippen molar-refractivity contribution in [3.8, 4) is 0 Å². The Morgan fingerprint density at radius 2 is 1.71 bits per heavy atom. The van der Waals surface area contributed by atoms with Crippen molar-refractivity contribution >= 4 is 17.4 Å². The molecule has 0 aliphatic heterocycles. The first-order valence-electron chi connectivity index (χ1n) is 6.67. The molecule has 0 aliphatic rings. The van der Waals surface area contributed by atoms with Crippen molar-refractivity contribution in [3.63, 3.8) is 0 Å². The first-order valence-corrected chi connectivity index (χ1v) is 7.55. The molecule has 0 spiro atoms. The van der Waals surface area contributed by atoms with Crippen molar-refractivity contribution in [3.05, 3.63) is 70.3 Å². The molecule has 0 saturated heterocycles. The van der Waals surface area contributed by atoms with E-state index in [9.17, 15) is 10.1 Å². The summed E-state index contributed by atoms with van der Waals surface area (Å²) in [5.74, 6) is 0. The summed E-state index contributed by atoms with van der Waals surface area (Å²) < 4.78 is 0. The second kappa shape index (κ2) is 7.13. The quantitative estimate of drug-likeness (QED) is 0.462. The van der Waals surface area contributed by atoms with Gasteiger partial charge in [-0.3, -0.25) is 10.1 Å². The zero-order valence-electron chi connectivity index (χ0n) is 12.1. The molecule has 0 saturated carbocycles. The highest BCUT2D eigenvalue weighted by molar-refractivity contribution is 7.99. The van der Waals surface area contributed by atoms with Gasteiger partial charge in [0.2, 0.25) is 6.54 Å². The third-order valence-electron chi connectivity index (χ3n) is 3.12. The number of benzene rings is 2. The Bertz CT molecular complexity index is 585. The maximum absolute atomic E-state index is 10.9. The lowest BCUT2D eigenvalue weighted by molar-refractivity contribution is -0.479. The second-order valence-electron chi connectivity index (χ2n) is 4.92. The SMILES string of the molecule is CN(C)c1ccc([C@H](C[N+](=O)[O-])Sc2ccccc2)cc1. The Morgan fingerprint density at radius 3 is 2.24 bits per heavy atom. The number of anilines is 1. The van der Waals surface area contributed by atoms with Crippen LogP contribution in [-0.4, -0.2) is 25.6 Å². The largest absolute Gasteiger partial charge is 0.378 e. The van der Waals surface area contributed by atoms with Crippen molar-refractivity contribution < 1.29 is 4.92 Å². The molecule has 110 valence electrons. The van der Waals surface area contributed by atoms with Gasteiger partial charge < -0.3 is 4.90 Å². The lowest BCUT2D eigenvalue weighted by Crippen LogP contribution is -2.11. The van der Waals surface area contributed by atoms with Crippen LogP contribution >= 0.6 is 11.8 Å². The predicted molar refractivity (Wildman–Crippen MR) is 87.7 cm³/mol. The van der Waals surface area contributed by atoms with E-state index in [0.717, 1.165) is 16.1 Å². The summed E-state index contributed by atoms with van der Waals surface area (Å²) in [5, 5.41) is 10.8. The van der Waals surface area contributed by atoms with E-state index < -0.39 is 0 Å². The highest BCUT2D eigenvalue weighted by atomic mass is 32.2. The molecule has 2 aromatic rings. The van der Waals surface area contributed by atoms with Crippen LogP contribution in [0.3, 0.4) is 0 Å². The summed E-state index contributed by atoms with van der Waals surface area (Å²) in [4.78, 5) is 13.7. The van der Waals surface area contributed by atoms with Crippen LogP contribution in [0, 0.1) is 10.1 Å². The molecule has 0 N–H and O–H groups in total. The molecule has 0 heterocycles. The average Bonchev–Trinajstić information content (AvgIpc) is 2.47. The van der Waals surface area contributed by atoms with Crippen molar-refractivity contribution in [2.45, 2.75) is 10.1 Å². The normalized spacial score (nSPS) is 11.9. The van der Waals surface area contributed by atoms with Gasteiger partial charge in [0.15, 0.2) is 0 Å². The molecule has 0 aromatic heterocycles. The minimum Gasteiger partial charge on any atom is -0.378 e. The molecule has 2 rings (SSSR count). The van der Waals surface area contributed by atoms with Gasteiger partial charge in [0.05, 0.1) is 5.25 Å². The maximum Gasteiger partial charge on any atom is 0.220 e. The van der Waals surface area contributed by atoms with Gasteiger partial charge in [-0.2, -0.15) is 0 Å². The van der Waals surface area contributed by atoms with E-state index in [1.54, 1.807) is 0 Å². The zero-order valence-corrected chi connectivity index (χ0v) is 12.9. The summed E-state index contributed by atoms with van der Waals surface area (Å²) >= 11 is 1.53. The summed E-state index contributed by atoms with van der Waals surface area (Å²) in [6.07, 6.45) is 0. The number of nitrogens with zero attached hydrogens (tertiary/aromatic N) is 2. The third-order valence-corrected chi connectivity index (χ3v) is 4.37. The van der Waals surface area contributed by atoms with Crippen LogP contribution in [0.1, 0.15) is 10.8 Å². The molecule has 2 aromatic carbocycles. The minimum atomic E-state index is -0.250. The van der Waals surface area contributed by atoms with Gasteiger partial charge in [0.25, 0.3) is 0 Å². The summed E-state index contributed by atoms with van der Waals surface area (Å²) in [6, 6.07) is 17.7. The fourth-order valence-corrected chi connectivity index (χ4v) is 3.13. The number of nitro groups is 1. The number of rotatable bonds is 6. The highest BCUT2D eigenvalue weighted by Gasteiger charge is 2.19. The number of hydrogen-bond donors (Lipinski definition) is 0. The van der Waals surface area contributed by atoms with Gasteiger partial charge in [0.1, 0.15) is 0 Å². The average molecular weight is 302 g/mol. The topological polar surface area (TPSA) is 46.4 Å². The van der Waals surface area contributed by atoms with Crippen molar-refractivity contribution in [2.24, 2.45) is 0 Å². The van der Waals surface area contributed by atoms with Gasteiger partial charge in [0, 0.05) is 29.6 Å². The molecule has 0 unspecified atom stereocenters. The Morgan fingerprint density at radius 1 is 1.10 bits per heavy atom. The van der Waals surface area contributed by atoms with E-state index in [0.29, 0.717) is 0 Å². The van der Waals surface area contributed by atoms with E-state index in [2.05, 4.69) is 0 Å². The molecule has 0 amide bonds. The van der Waals surface area contributed by atoms with Crippen LogP contribution in [0.2, 0.25) is 0 Å². The Hall–Kier alpha value is -2.01. The predicted octanol–water partition coefficient (Wildman–Crippen LogP) is 3.86. The van der Waals surface area contributed by atoms with Crippen LogP contribution in [0.5, 0.6) is 0 Å². The van der Waals surface area contributed by atoms with Gasteiger partial charge in [-0.1, -0.05) is 30.3 Å². The zero-order chi connectivity index (χ0) is 15.2. The Balaban J connectivity index is 2.21. The molecule has 0 aliphatic carbocycles. The van der Waals surface area contributed by atoms with E-state index in [4.69, 9.17) is 0 Å². The molecule has 4 nitrogen and oxygen atoms in total. The van der Waals surface area contributed by atoms with Gasteiger partial charge in [-0.05, 0) is 29.8 Å². The first kappa shape index (κ1) is 15.4. The van der Waals surface area contributed by atoms with Gasteiger partial charge >= 0.3 is 0 Å². The molecule has 0 bridgehead atoms. The van der Waals surface area contributed by atoms with Crippen LogP contribution in [-0.2, 0) is 0 Å². The standard InChI is InChI=1S/C16H18N2O2S/c1-17(2)14-10-8-13(9-11-14)16(12-18(19)20)21-15-6-4-3-5-7-15/h3-11,16H,12H2,1-2H3/t16-/m0/s1. The van der Waals surface area contributed by atoms with E-state index >= 15 is 0 Å². The van der Waals surface area contributed by atoms with Crippen molar-refractivity contribution in [1.82, 2.24) is 0 Å². The van der Waals surface area contributed by atoms with Crippen LogP contribution < -0.4 is 4.90 Å². The Kier molecular flexibility index (Phi) is 5.22. The second-order valence-corrected chi connectivity index (χ2v) is 6.20. The summed E-state index contributed by atoms with van der Waals surface area (Å²) in [7, 11) is 3.95. The molecule has 0 radical (unpaired) electrons. The lowest BCUT2D eigenvalue weighted by atomic mass is 10.1. The summed E-state index contributed by atoms with van der Waals surface area (Å²) in [6.45, 7) is -0.0825. The fraction of sp³-hybridized carbons (Fsp3) is 0.250. The van der Waals surface area contributed by atoms with E-state index in [1.807, 2.05) is 73.6 Å². The van der Waals surface area contributed by atoms with Gasteiger partial charge in [-0.25, -0.2) is 0 Å². The smallest absolute Gasteiger partial charge is 0.220 e. The maximum atomic E-state index is 10.9. The molecule has 1 atom stereocenters. The Labute approximate surface area is 128 Å². The van der Waals surface area contributed by atoms with Crippen LogP contribution in [0.25, 0.3) is 0 Å². The fourth-order valence-electron chi connectivity index (χ4n) is 2.00. The van der Waals surface area contributed by atoms with E-state index in [1.165, 1.54) is 11.8 Å². The van der Waals surface area contributed by atoms with Gasteiger partial charge in [-0.15, -0.1) is 11.8 Å². The minimum absolute atomic E-state index is 0.0825. The van der Waals surface area contributed by atoms with Crippen molar-refractivity contribution in [1.29, 1.82) is 0 Å². The summed E-state index contributed by atoms with van der Waals surface area (Å²) in [5.41, 5.74) is 2.06. The highest BCUT2D eigenvalue weighted by Crippen LogP contribution is 2.35.